The summed E-state index contributed by atoms with van der Waals surface area (Å²) in [7, 11) is 0. The van der Waals surface area contributed by atoms with E-state index in [4.69, 9.17) is 9.47 Å². The van der Waals surface area contributed by atoms with Crippen LogP contribution in [0.5, 0.6) is 11.5 Å². The number of amides is 1. The molecule has 1 heterocycles. The number of nitrogens with one attached hydrogen (secondary N) is 1. The van der Waals surface area contributed by atoms with Gasteiger partial charge in [0.1, 0.15) is 13.2 Å². The van der Waals surface area contributed by atoms with E-state index in [1.807, 2.05) is 18.2 Å². The van der Waals surface area contributed by atoms with Crippen LogP contribution in [0.3, 0.4) is 0 Å². The first kappa shape index (κ1) is 27.0. The maximum atomic E-state index is 12.1. The molecule has 0 atom stereocenters. The largest absolute Gasteiger partial charge is 0.486 e. The summed E-state index contributed by atoms with van der Waals surface area (Å²) >= 11 is 0. The molecule has 0 saturated heterocycles. The summed E-state index contributed by atoms with van der Waals surface area (Å²) in [5, 5.41) is 2.91. The molecular weight excluding hydrogens is 422 g/mol. The molecule has 2 rings (SSSR count). The Balaban J connectivity index is 1.47. The van der Waals surface area contributed by atoms with Crippen molar-refractivity contribution in [2.45, 2.75) is 58.3 Å². The normalized spacial score (nSPS) is 14.0. The highest BCUT2D eigenvalue weighted by Gasteiger charge is 2.12. The van der Waals surface area contributed by atoms with Crippen LogP contribution in [-0.2, 0) is 4.79 Å². The lowest BCUT2D eigenvalue weighted by Gasteiger charge is -2.18. The lowest BCUT2D eigenvalue weighted by atomic mass is 10.2. The molecular formula is C30H39NO3. The van der Waals surface area contributed by atoms with Gasteiger partial charge in [-0.05, 0) is 57.1 Å². The van der Waals surface area contributed by atoms with Crippen LogP contribution in [0.2, 0.25) is 0 Å². The van der Waals surface area contributed by atoms with E-state index < -0.39 is 0 Å². The third-order valence-corrected chi connectivity index (χ3v) is 4.96. The van der Waals surface area contributed by atoms with Gasteiger partial charge in [0.25, 0.3) is 0 Å². The summed E-state index contributed by atoms with van der Waals surface area (Å²) in [6.07, 6.45) is 33.2. The van der Waals surface area contributed by atoms with Gasteiger partial charge in [0, 0.05) is 18.2 Å². The quantitative estimate of drug-likeness (QED) is 0.270. The summed E-state index contributed by atoms with van der Waals surface area (Å²) in [5.74, 6) is 1.40. The van der Waals surface area contributed by atoms with Crippen LogP contribution in [0.25, 0.3) is 0 Å². The number of fused-ring (bicyclic) bond motifs is 1. The minimum Gasteiger partial charge on any atom is -0.486 e. The van der Waals surface area contributed by atoms with E-state index in [1.54, 1.807) is 0 Å². The third kappa shape index (κ3) is 12.7. The summed E-state index contributed by atoms with van der Waals surface area (Å²) in [6, 6.07) is 5.47. The first-order chi connectivity index (χ1) is 16.8. The van der Waals surface area contributed by atoms with Gasteiger partial charge in [-0.3, -0.25) is 4.79 Å². The van der Waals surface area contributed by atoms with Crippen molar-refractivity contribution in [3.05, 3.63) is 91.1 Å². The number of allylic oxidation sites excluding steroid dienone is 12. The van der Waals surface area contributed by atoms with Gasteiger partial charge in [-0.2, -0.15) is 0 Å². The Morgan fingerprint density at radius 2 is 1.24 bits per heavy atom. The van der Waals surface area contributed by atoms with Crippen molar-refractivity contribution >= 4 is 11.6 Å². The molecule has 1 aliphatic heterocycles. The molecule has 0 fully saturated rings. The van der Waals surface area contributed by atoms with Crippen molar-refractivity contribution in [2.24, 2.45) is 0 Å². The topological polar surface area (TPSA) is 47.6 Å². The zero-order chi connectivity index (χ0) is 24.1. The molecule has 0 aromatic heterocycles. The van der Waals surface area contributed by atoms with Gasteiger partial charge in [0.2, 0.25) is 5.91 Å². The van der Waals surface area contributed by atoms with E-state index in [-0.39, 0.29) is 5.91 Å². The summed E-state index contributed by atoms with van der Waals surface area (Å²) < 4.78 is 11.0. The smallest absolute Gasteiger partial charge is 0.224 e. The Kier molecular flexibility index (Phi) is 14.4. The monoisotopic (exact) mass is 461 g/mol. The van der Waals surface area contributed by atoms with Crippen LogP contribution in [-0.4, -0.2) is 19.1 Å². The molecule has 182 valence electrons. The molecule has 0 spiro atoms. The Bertz CT molecular complexity index is 890. The second kappa shape index (κ2) is 18.2. The molecule has 1 aromatic carbocycles. The van der Waals surface area contributed by atoms with E-state index in [1.165, 1.54) is 0 Å². The highest BCUT2D eigenvalue weighted by Crippen LogP contribution is 2.32. The molecule has 4 nitrogen and oxygen atoms in total. The molecule has 0 unspecified atom stereocenters. The number of hydrogen-bond donors (Lipinski definition) is 1. The van der Waals surface area contributed by atoms with Crippen molar-refractivity contribution in [1.82, 2.24) is 0 Å². The van der Waals surface area contributed by atoms with Gasteiger partial charge in [-0.15, -0.1) is 0 Å². The van der Waals surface area contributed by atoms with Crippen molar-refractivity contribution < 1.29 is 14.3 Å². The molecule has 1 aromatic rings. The predicted molar refractivity (Wildman–Crippen MR) is 144 cm³/mol. The average Bonchev–Trinajstić information content (AvgIpc) is 2.85. The highest BCUT2D eigenvalue weighted by molar-refractivity contribution is 5.91. The SMILES string of the molecule is CC/C=C/C/C=C/C/C=C/C/C=C/C/C=C/C/C=C/CCC(=O)Nc1ccc2c(c1)OCCO2. The first-order valence-electron chi connectivity index (χ1n) is 12.4. The minimum atomic E-state index is -0.00351. The Labute approximate surface area is 205 Å². The van der Waals surface area contributed by atoms with Crippen molar-refractivity contribution in [2.75, 3.05) is 18.5 Å². The second-order valence-electron chi connectivity index (χ2n) is 7.86. The second-order valence-corrected chi connectivity index (χ2v) is 7.86. The zero-order valence-corrected chi connectivity index (χ0v) is 20.5. The Hall–Kier alpha value is -3.27. The number of carbonyl (C=O) groups excluding carboxylic acids is 1. The standard InChI is InChI=1S/C30H39NO3/c1-2-3-4-5-6-7-8-9-10-11-12-13-14-15-16-17-18-19-20-21-30(32)31-27-22-23-28-29(26-27)34-25-24-33-28/h3-4,6-7,9-10,12-13,15-16,18-19,22-23,26H,2,5,8,11,14,17,20-21,24-25H2,1H3,(H,31,32)/b4-3+,7-6+,10-9+,13-12+,16-15+,19-18+. The zero-order valence-electron chi connectivity index (χ0n) is 20.5. The molecule has 0 saturated carbocycles. The van der Waals surface area contributed by atoms with Gasteiger partial charge in [0.15, 0.2) is 11.5 Å². The molecule has 0 radical (unpaired) electrons. The van der Waals surface area contributed by atoms with Crippen molar-refractivity contribution in [3.8, 4) is 11.5 Å². The molecule has 1 aliphatic rings. The number of hydrogen-bond acceptors (Lipinski definition) is 3. The fraction of sp³-hybridized carbons (Fsp3) is 0.367. The summed E-state index contributed by atoms with van der Waals surface area (Å²) in [5.41, 5.74) is 0.733. The maximum Gasteiger partial charge on any atom is 0.224 e. The Morgan fingerprint density at radius 3 is 1.79 bits per heavy atom. The van der Waals surface area contributed by atoms with Crippen LogP contribution in [0, 0.1) is 0 Å². The van der Waals surface area contributed by atoms with Crippen LogP contribution in [0.15, 0.2) is 91.1 Å². The average molecular weight is 462 g/mol. The van der Waals surface area contributed by atoms with Gasteiger partial charge < -0.3 is 14.8 Å². The molecule has 4 heteroatoms. The summed E-state index contributed by atoms with van der Waals surface area (Å²) in [6.45, 7) is 3.25. The molecule has 0 aliphatic carbocycles. The minimum absolute atomic E-state index is 0.00351. The number of rotatable bonds is 15. The van der Waals surface area contributed by atoms with E-state index in [0.717, 1.165) is 56.4 Å². The van der Waals surface area contributed by atoms with Gasteiger partial charge >= 0.3 is 0 Å². The fourth-order valence-electron chi connectivity index (χ4n) is 3.20. The van der Waals surface area contributed by atoms with E-state index >= 15 is 0 Å². The van der Waals surface area contributed by atoms with Crippen molar-refractivity contribution in [1.29, 1.82) is 0 Å². The van der Waals surface area contributed by atoms with E-state index in [0.29, 0.717) is 25.4 Å². The molecule has 1 amide bonds. The van der Waals surface area contributed by atoms with Crippen LogP contribution in [0.1, 0.15) is 58.3 Å². The Morgan fingerprint density at radius 1 is 0.735 bits per heavy atom. The van der Waals surface area contributed by atoms with Crippen molar-refractivity contribution in [3.63, 3.8) is 0 Å². The summed E-state index contributed by atoms with van der Waals surface area (Å²) in [4.78, 5) is 12.1. The fourth-order valence-corrected chi connectivity index (χ4v) is 3.20. The lowest BCUT2D eigenvalue weighted by molar-refractivity contribution is -0.116. The molecule has 34 heavy (non-hydrogen) atoms. The van der Waals surface area contributed by atoms with Gasteiger partial charge in [-0.1, -0.05) is 79.8 Å². The van der Waals surface area contributed by atoms with Gasteiger partial charge in [0.05, 0.1) is 0 Å². The highest BCUT2D eigenvalue weighted by atomic mass is 16.6. The number of benzene rings is 1. The van der Waals surface area contributed by atoms with E-state index in [2.05, 4.69) is 85.2 Å². The molecule has 1 N–H and O–H groups in total. The van der Waals surface area contributed by atoms with Crippen LogP contribution in [0.4, 0.5) is 5.69 Å². The third-order valence-electron chi connectivity index (χ3n) is 4.96. The van der Waals surface area contributed by atoms with E-state index in [9.17, 15) is 4.79 Å². The number of anilines is 1. The first-order valence-corrected chi connectivity index (χ1v) is 12.4. The number of ether oxygens (including phenoxy) is 2. The predicted octanol–water partition coefficient (Wildman–Crippen LogP) is 7.87. The maximum absolute atomic E-state index is 12.1. The van der Waals surface area contributed by atoms with Crippen LogP contribution >= 0.6 is 0 Å². The lowest BCUT2D eigenvalue weighted by Crippen LogP contribution is -2.16. The number of carbonyl (C=O) groups is 1. The van der Waals surface area contributed by atoms with Crippen LogP contribution < -0.4 is 14.8 Å². The van der Waals surface area contributed by atoms with Gasteiger partial charge in [-0.25, -0.2) is 0 Å². The molecule has 0 bridgehead atoms.